The Morgan fingerprint density at radius 3 is 2.90 bits per heavy atom. The van der Waals surface area contributed by atoms with E-state index in [0.29, 0.717) is 11.6 Å². The van der Waals surface area contributed by atoms with Crippen LogP contribution in [0.3, 0.4) is 0 Å². The monoisotopic (exact) mass is 307 g/mol. The maximum atomic E-state index is 13.1. The number of hydrogen-bond donors (Lipinski definition) is 2. The number of carbonyl (C=O) groups excluding carboxylic acids is 1. The number of nitrogens with two attached hydrogens (primary N) is 1. The van der Waals surface area contributed by atoms with Gasteiger partial charge in [0.15, 0.2) is 5.13 Å². The third kappa shape index (κ3) is 4.34. The summed E-state index contributed by atoms with van der Waals surface area (Å²) in [6, 6.07) is 5.88. The zero-order chi connectivity index (χ0) is 15.4. The van der Waals surface area contributed by atoms with E-state index in [2.05, 4.69) is 10.3 Å². The first-order valence-corrected chi connectivity index (χ1v) is 7.53. The molecule has 21 heavy (non-hydrogen) atoms. The Labute approximate surface area is 127 Å². The highest BCUT2D eigenvalue weighted by Crippen LogP contribution is 2.21. The molecule has 0 bridgehead atoms. The van der Waals surface area contributed by atoms with E-state index in [1.165, 1.54) is 23.5 Å². The quantitative estimate of drug-likeness (QED) is 0.892. The number of thiazole rings is 1. The molecular weight excluding hydrogens is 289 g/mol. The predicted molar refractivity (Wildman–Crippen MR) is 82.8 cm³/mol. The first kappa shape index (κ1) is 15.6. The molecule has 3 N–H and O–H groups in total. The SMILES string of the molecule is CC(C)[C@H](N)C(=O)Nc1ncc(Cc2cccc(F)c2)s1. The molecule has 2 aromatic rings. The van der Waals surface area contributed by atoms with Crippen molar-refractivity contribution < 1.29 is 9.18 Å². The third-order valence-electron chi connectivity index (χ3n) is 3.07. The Morgan fingerprint density at radius 2 is 2.24 bits per heavy atom. The van der Waals surface area contributed by atoms with Crippen molar-refractivity contribution >= 4 is 22.4 Å². The van der Waals surface area contributed by atoms with Crippen LogP contribution in [0.5, 0.6) is 0 Å². The number of nitrogens with zero attached hydrogens (tertiary/aromatic N) is 1. The molecule has 0 fully saturated rings. The van der Waals surface area contributed by atoms with Gasteiger partial charge in [-0.05, 0) is 23.6 Å². The van der Waals surface area contributed by atoms with Crippen LogP contribution in [-0.2, 0) is 11.2 Å². The number of halogens is 1. The molecule has 0 aliphatic heterocycles. The number of rotatable bonds is 5. The molecule has 1 aromatic heterocycles. The Morgan fingerprint density at radius 1 is 1.48 bits per heavy atom. The van der Waals surface area contributed by atoms with Crippen molar-refractivity contribution in [2.45, 2.75) is 26.3 Å². The van der Waals surface area contributed by atoms with Crippen LogP contribution in [0.4, 0.5) is 9.52 Å². The van der Waals surface area contributed by atoms with Crippen LogP contribution in [0, 0.1) is 11.7 Å². The summed E-state index contributed by atoms with van der Waals surface area (Å²) in [6.45, 7) is 3.78. The lowest BCUT2D eigenvalue weighted by atomic mass is 10.1. The fourth-order valence-electron chi connectivity index (χ4n) is 1.79. The fourth-order valence-corrected chi connectivity index (χ4v) is 2.64. The molecule has 0 saturated heterocycles. The van der Waals surface area contributed by atoms with Crippen molar-refractivity contribution in [1.29, 1.82) is 0 Å². The Bertz CT molecular complexity index is 627. The zero-order valence-electron chi connectivity index (χ0n) is 12.0. The highest BCUT2D eigenvalue weighted by molar-refractivity contribution is 7.15. The van der Waals surface area contributed by atoms with Gasteiger partial charge in [-0.1, -0.05) is 26.0 Å². The largest absolute Gasteiger partial charge is 0.320 e. The van der Waals surface area contributed by atoms with Gasteiger partial charge in [-0.25, -0.2) is 9.37 Å². The lowest BCUT2D eigenvalue weighted by Gasteiger charge is -2.13. The fraction of sp³-hybridized carbons (Fsp3) is 0.333. The number of aromatic nitrogens is 1. The molecule has 1 atom stereocenters. The summed E-state index contributed by atoms with van der Waals surface area (Å²) in [6.07, 6.45) is 2.27. The van der Waals surface area contributed by atoms with E-state index in [0.717, 1.165) is 10.4 Å². The number of nitrogens with one attached hydrogen (secondary N) is 1. The molecule has 1 aromatic carbocycles. The van der Waals surface area contributed by atoms with Crippen molar-refractivity contribution in [3.63, 3.8) is 0 Å². The minimum Gasteiger partial charge on any atom is -0.320 e. The van der Waals surface area contributed by atoms with Gasteiger partial charge in [-0.15, -0.1) is 11.3 Å². The molecule has 6 heteroatoms. The van der Waals surface area contributed by atoms with Gasteiger partial charge in [0.2, 0.25) is 5.91 Å². The van der Waals surface area contributed by atoms with Crippen molar-refractivity contribution in [2.24, 2.45) is 11.7 Å². The Kier molecular flexibility index (Phi) is 5.03. The van der Waals surface area contributed by atoms with Gasteiger partial charge in [-0.2, -0.15) is 0 Å². The summed E-state index contributed by atoms with van der Waals surface area (Å²) in [5.74, 6) is -0.429. The zero-order valence-corrected chi connectivity index (χ0v) is 12.8. The second-order valence-corrected chi connectivity index (χ2v) is 6.31. The standard InChI is InChI=1S/C15H18FN3OS/c1-9(2)13(17)14(20)19-15-18-8-12(21-15)7-10-4-3-5-11(16)6-10/h3-6,8-9,13H,7,17H2,1-2H3,(H,18,19,20)/t13-/m0/s1. The maximum Gasteiger partial charge on any atom is 0.243 e. The molecule has 4 nitrogen and oxygen atoms in total. The number of carbonyl (C=O) groups is 1. The molecule has 0 aliphatic rings. The van der Waals surface area contributed by atoms with E-state index >= 15 is 0 Å². The van der Waals surface area contributed by atoms with Gasteiger partial charge >= 0.3 is 0 Å². The molecule has 112 valence electrons. The van der Waals surface area contributed by atoms with Gasteiger partial charge in [0.05, 0.1) is 6.04 Å². The van der Waals surface area contributed by atoms with E-state index in [1.54, 1.807) is 12.3 Å². The summed E-state index contributed by atoms with van der Waals surface area (Å²) in [5.41, 5.74) is 6.65. The molecule has 1 amide bonds. The molecule has 0 aliphatic carbocycles. The lowest BCUT2D eigenvalue weighted by molar-refractivity contribution is -0.118. The Hall–Kier alpha value is -1.79. The summed E-state index contributed by atoms with van der Waals surface area (Å²) < 4.78 is 13.1. The van der Waals surface area contributed by atoms with E-state index in [9.17, 15) is 9.18 Å². The van der Waals surface area contributed by atoms with Crippen LogP contribution < -0.4 is 11.1 Å². The summed E-state index contributed by atoms with van der Waals surface area (Å²) in [4.78, 5) is 17.0. The van der Waals surface area contributed by atoms with Gasteiger partial charge in [0, 0.05) is 17.5 Å². The lowest BCUT2D eigenvalue weighted by Crippen LogP contribution is -2.39. The first-order chi connectivity index (χ1) is 9.95. The minimum atomic E-state index is -0.555. The van der Waals surface area contributed by atoms with Crippen LogP contribution in [0.1, 0.15) is 24.3 Å². The van der Waals surface area contributed by atoms with Gasteiger partial charge in [0.1, 0.15) is 5.82 Å². The normalized spacial score (nSPS) is 12.4. The number of anilines is 1. The molecule has 2 rings (SSSR count). The van der Waals surface area contributed by atoms with Gasteiger partial charge in [-0.3, -0.25) is 4.79 Å². The van der Waals surface area contributed by atoms with Crippen LogP contribution in [0.15, 0.2) is 30.5 Å². The van der Waals surface area contributed by atoms with E-state index < -0.39 is 6.04 Å². The van der Waals surface area contributed by atoms with Gasteiger partial charge < -0.3 is 11.1 Å². The smallest absolute Gasteiger partial charge is 0.243 e. The minimum absolute atomic E-state index is 0.0664. The first-order valence-electron chi connectivity index (χ1n) is 6.71. The molecule has 1 heterocycles. The maximum absolute atomic E-state index is 13.1. The topological polar surface area (TPSA) is 68.0 Å². The van der Waals surface area contributed by atoms with Crippen LogP contribution in [-0.4, -0.2) is 16.9 Å². The highest BCUT2D eigenvalue weighted by Gasteiger charge is 2.18. The van der Waals surface area contributed by atoms with Crippen LogP contribution in [0.25, 0.3) is 0 Å². The van der Waals surface area contributed by atoms with E-state index in [1.807, 2.05) is 19.9 Å². The average Bonchev–Trinajstić information content (AvgIpc) is 2.84. The van der Waals surface area contributed by atoms with Crippen molar-refractivity contribution in [2.75, 3.05) is 5.32 Å². The predicted octanol–water partition coefficient (Wildman–Crippen LogP) is 2.79. The second kappa shape index (κ2) is 6.78. The van der Waals surface area contributed by atoms with Crippen molar-refractivity contribution in [1.82, 2.24) is 4.98 Å². The molecule has 0 radical (unpaired) electrons. The Balaban J connectivity index is 2.00. The summed E-state index contributed by atoms with van der Waals surface area (Å²) in [5, 5.41) is 3.23. The molecule has 0 unspecified atom stereocenters. The molecular formula is C15H18FN3OS. The van der Waals surface area contributed by atoms with Gasteiger partial charge in [0.25, 0.3) is 0 Å². The van der Waals surface area contributed by atoms with Crippen molar-refractivity contribution in [3.05, 3.63) is 46.7 Å². The van der Waals surface area contributed by atoms with Crippen LogP contribution >= 0.6 is 11.3 Å². The molecule has 0 spiro atoms. The summed E-state index contributed by atoms with van der Waals surface area (Å²) >= 11 is 1.37. The third-order valence-corrected chi connectivity index (χ3v) is 3.98. The summed E-state index contributed by atoms with van der Waals surface area (Å²) in [7, 11) is 0. The average molecular weight is 307 g/mol. The number of benzene rings is 1. The van der Waals surface area contributed by atoms with Crippen molar-refractivity contribution in [3.8, 4) is 0 Å². The second-order valence-electron chi connectivity index (χ2n) is 5.20. The number of amides is 1. The van der Waals surface area contributed by atoms with E-state index in [4.69, 9.17) is 5.73 Å². The number of hydrogen-bond acceptors (Lipinski definition) is 4. The van der Waals surface area contributed by atoms with E-state index in [-0.39, 0.29) is 17.6 Å². The highest BCUT2D eigenvalue weighted by atomic mass is 32.1. The molecule has 0 saturated carbocycles. The van der Waals surface area contributed by atoms with Crippen LogP contribution in [0.2, 0.25) is 0 Å².